The highest BCUT2D eigenvalue weighted by Crippen LogP contribution is 2.40. The van der Waals surface area contributed by atoms with E-state index < -0.39 is 0 Å². The standard InChI is InChI=1S/C24H31NO6S/c1-17(26)20-10-11-21(28-2)24(29-3)23(20)31-16-18-15-25(12-13-30-18)22(27)9-5-4-7-19-8-6-14-32-19/h6,8,10-11,14,18H,4-5,7,9,12-13,15-16H2,1-3H3. The number of unbranched alkanes of at least 4 members (excludes halogenated alkanes) is 1. The van der Waals surface area contributed by atoms with Crippen LogP contribution in [-0.4, -0.2) is 63.2 Å². The van der Waals surface area contributed by atoms with Gasteiger partial charge in [0.2, 0.25) is 11.7 Å². The zero-order valence-electron chi connectivity index (χ0n) is 18.9. The van der Waals surface area contributed by atoms with E-state index >= 15 is 0 Å². The molecular formula is C24H31NO6S. The van der Waals surface area contributed by atoms with E-state index in [1.807, 2.05) is 4.90 Å². The highest BCUT2D eigenvalue weighted by atomic mass is 32.1. The van der Waals surface area contributed by atoms with Crippen LogP contribution in [0.4, 0.5) is 0 Å². The molecule has 0 spiro atoms. The molecule has 1 aromatic heterocycles. The van der Waals surface area contributed by atoms with E-state index in [0.29, 0.717) is 48.9 Å². The van der Waals surface area contributed by atoms with Crippen LogP contribution < -0.4 is 14.2 Å². The Kier molecular flexibility index (Phi) is 8.93. The summed E-state index contributed by atoms with van der Waals surface area (Å²) < 4.78 is 22.5. The van der Waals surface area contributed by atoms with Crippen molar-refractivity contribution < 1.29 is 28.5 Å². The number of rotatable bonds is 11. The first-order valence-electron chi connectivity index (χ1n) is 10.8. The Morgan fingerprint density at radius 2 is 2.00 bits per heavy atom. The van der Waals surface area contributed by atoms with Crippen molar-refractivity contribution in [2.24, 2.45) is 0 Å². The number of hydrogen-bond donors (Lipinski definition) is 0. The number of benzene rings is 1. The van der Waals surface area contributed by atoms with Gasteiger partial charge in [0.05, 0.1) is 32.9 Å². The number of carbonyl (C=O) groups excluding carboxylic acids is 2. The number of carbonyl (C=O) groups is 2. The summed E-state index contributed by atoms with van der Waals surface area (Å²) in [5, 5.41) is 2.08. The molecule has 1 saturated heterocycles. The minimum atomic E-state index is -0.283. The number of methoxy groups -OCH3 is 2. The fraction of sp³-hybridized carbons (Fsp3) is 0.500. The summed E-state index contributed by atoms with van der Waals surface area (Å²) in [6.45, 7) is 3.19. The molecule has 0 aliphatic carbocycles. The van der Waals surface area contributed by atoms with E-state index in [-0.39, 0.29) is 24.4 Å². The van der Waals surface area contributed by atoms with Crippen molar-refractivity contribution in [1.29, 1.82) is 0 Å². The van der Waals surface area contributed by atoms with Gasteiger partial charge in [0.25, 0.3) is 0 Å². The van der Waals surface area contributed by atoms with Crippen LogP contribution in [0, 0.1) is 0 Å². The largest absolute Gasteiger partial charge is 0.493 e. The first-order chi connectivity index (χ1) is 15.5. The quantitative estimate of drug-likeness (QED) is 0.372. The molecule has 1 unspecified atom stereocenters. The van der Waals surface area contributed by atoms with Gasteiger partial charge in [-0.1, -0.05) is 6.07 Å². The maximum absolute atomic E-state index is 12.7. The first kappa shape index (κ1) is 24.1. The summed E-state index contributed by atoms with van der Waals surface area (Å²) in [6.07, 6.45) is 3.16. The third kappa shape index (κ3) is 6.23. The summed E-state index contributed by atoms with van der Waals surface area (Å²) in [7, 11) is 3.04. The van der Waals surface area contributed by atoms with Crippen LogP contribution in [0.2, 0.25) is 0 Å². The van der Waals surface area contributed by atoms with Crippen LogP contribution in [-0.2, 0) is 16.0 Å². The molecule has 1 atom stereocenters. The third-order valence-corrected chi connectivity index (χ3v) is 6.36. The smallest absolute Gasteiger partial charge is 0.222 e. The maximum atomic E-state index is 12.7. The summed E-state index contributed by atoms with van der Waals surface area (Å²) in [4.78, 5) is 27.9. The molecule has 32 heavy (non-hydrogen) atoms. The Morgan fingerprint density at radius 3 is 2.69 bits per heavy atom. The van der Waals surface area contributed by atoms with E-state index in [0.717, 1.165) is 19.3 Å². The number of aryl methyl sites for hydroxylation is 1. The van der Waals surface area contributed by atoms with Gasteiger partial charge in [-0.05, 0) is 49.8 Å². The van der Waals surface area contributed by atoms with Crippen LogP contribution in [0.15, 0.2) is 29.6 Å². The average Bonchev–Trinajstić information content (AvgIpc) is 3.33. The summed E-state index contributed by atoms with van der Waals surface area (Å²) in [6, 6.07) is 7.53. The van der Waals surface area contributed by atoms with Crippen molar-refractivity contribution in [2.45, 2.75) is 38.7 Å². The molecular weight excluding hydrogens is 430 g/mol. The molecule has 2 aromatic rings. The molecule has 7 nitrogen and oxygen atoms in total. The van der Waals surface area contributed by atoms with Crippen LogP contribution in [0.5, 0.6) is 17.2 Å². The average molecular weight is 462 g/mol. The van der Waals surface area contributed by atoms with Gasteiger partial charge in [0.1, 0.15) is 12.7 Å². The summed E-state index contributed by atoms with van der Waals surface area (Å²) in [5.41, 5.74) is 0.414. The summed E-state index contributed by atoms with van der Waals surface area (Å²) in [5.74, 6) is 1.20. The molecule has 1 aromatic carbocycles. The van der Waals surface area contributed by atoms with E-state index in [4.69, 9.17) is 18.9 Å². The lowest BCUT2D eigenvalue weighted by Gasteiger charge is -2.33. The zero-order valence-corrected chi connectivity index (χ0v) is 19.7. The van der Waals surface area contributed by atoms with Crippen LogP contribution in [0.3, 0.4) is 0 Å². The Hall–Kier alpha value is -2.58. The fourth-order valence-electron chi connectivity index (χ4n) is 3.73. The predicted octanol–water partition coefficient (Wildman–Crippen LogP) is 3.99. The first-order valence-corrected chi connectivity index (χ1v) is 11.7. The Balaban J connectivity index is 1.53. The van der Waals surface area contributed by atoms with Gasteiger partial charge in [-0.15, -0.1) is 11.3 Å². The highest BCUT2D eigenvalue weighted by molar-refractivity contribution is 7.09. The SMILES string of the molecule is COc1ccc(C(C)=O)c(OCC2CN(C(=O)CCCCc3cccs3)CCO2)c1OC. The molecule has 2 heterocycles. The second-order valence-corrected chi connectivity index (χ2v) is 8.70. The fourth-order valence-corrected chi connectivity index (χ4v) is 4.48. The topological polar surface area (TPSA) is 74.3 Å². The van der Waals surface area contributed by atoms with Crippen LogP contribution in [0.1, 0.15) is 41.4 Å². The summed E-state index contributed by atoms with van der Waals surface area (Å²) >= 11 is 1.76. The van der Waals surface area contributed by atoms with E-state index in [2.05, 4.69) is 17.5 Å². The number of morpholine rings is 1. The molecule has 0 N–H and O–H groups in total. The molecule has 1 aliphatic rings. The number of ketones is 1. The van der Waals surface area contributed by atoms with Gasteiger partial charge >= 0.3 is 0 Å². The number of ether oxygens (including phenoxy) is 4. The number of nitrogens with zero attached hydrogens (tertiary/aromatic N) is 1. The van der Waals surface area contributed by atoms with Crippen molar-refractivity contribution in [2.75, 3.05) is 40.5 Å². The normalized spacial score (nSPS) is 16.0. The van der Waals surface area contributed by atoms with E-state index in [1.54, 1.807) is 23.5 Å². The van der Waals surface area contributed by atoms with Gasteiger partial charge in [-0.25, -0.2) is 0 Å². The minimum absolute atomic E-state index is 0.134. The molecule has 0 radical (unpaired) electrons. The molecule has 0 saturated carbocycles. The van der Waals surface area contributed by atoms with Gasteiger partial charge in [-0.2, -0.15) is 0 Å². The van der Waals surface area contributed by atoms with Gasteiger partial charge in [0, 0.05) is 17.8 Å². The molecule has 1 fully saturated rings. The molecule has 1 amide bonds. The molecule has 8 heteroatoms. The molecule has 0 bridgehead atoms. The number of Topliss-reactive ketones (excluding diaryl/α,β-unsaturated/α-hetero) is 1. The van der Waals surface area contributed by atoms with Gasteiger partial charge in [-0.3, -0.25) is 9.59 Å². The Morgan fingerprint density at radius 1 is 1.16 bits per heavy atom. The van der Waals surface area contributed by atoms with Crippen molar-refractivity contribution in [3.8, 4) is 17.2 Å². The zero-order chi connectivity index (χ0) is 22.9. The van der Waals surface area contributed by atoms with Gasteiger partial charge in [0.15, 0.2) is 17.3 Å². The highest BCUT2D eigenvalue weighted by Gasteiger charge is 2.26. The Bertz CT molecular complexity index is 898. The Labute approximate surface area is 193 Å². The lowest BCUT2D eigenvalue weighted by Crippen LogP contribution is -2.47. The van der Waals surface area contributed by atoms with Crippen molar-refractivity contribution in [3.63, 3.8) is 0 Å². The van der Waals surface area contributed by atoms with Crippen molar-refractivity contribution in [1.82, 2.24) is 4.90 Å². The third-order valence-electron chi connectivity index (χ3n) is 5.43. The monoisotopic (exact) mass is 461 g/mol. The lowest BCUT2D eigenvalue weighted by molar-refractivity contribution is -0.140. The van der Waals surface area contributed by atoms with E-state index in [9.17, 15) is 9.59 Å². The maximum Gasteiger partial charge on any atom is 0.222 e. The van der Waals surface area contributed by atoms with Gasteiger partial charge < -0.3 is 23.8 Å². The van der Waals surface area contributed by atoms with Crippen molar-refractivity contribution >= 4 is 23.0 Å². The van der Waals surface area contributed by atoms with E-state index in [1.165, 1.54) is 26.0 Å². The predicted molar refractivity (Wildman–Crippen MR) is 123 cm³/mol. The molecule has 174 valence electrons. The number of amides is 1. The second kappa shape index (κ2) is 11.9. The lowest BCUT2D eigenvalue weighted by atomic mass is 10.1. The van der Waals surface area contributed by atoms with Crippen LogP contribution >= 0.6 is 11.3 Å². The minimum Gasteiger partial charge on any atom is -0.493 e. The van der Waals surface area contributed by atoms with Crippen molar-refractivity contribution in [3.05, 3.63) is 40.1 Å². The number of hydrogen-bond acceptors (Lipinski definition) is 7. The molecule has 1 aliphatic heterocycles. The number of thiophene rings is 1. The second-order valence-electron chi connectivity index (χ2n) is 7.66. The molecule has 3 rings (SSSR count). The van der Waals surface area contributed by atoms with Crippen LogP contribution in [0.25, 0.3) is 0 Å².